The first kappa shape index (κ1) is 26.6. The maximum Gasteiger partial charge on any atom is 0.354 e. The van der Waals surface area contributed by atoms with E-state index in [4.69, 9.17) is 15.5 Å². The van der Waals surface area contributed by atoms with Gasteiger partial charge >= 0.3 is 5.69 Å². The molecule has 2 aliphatic heterocycles. The van der Waals surface area contributed by atoms with Crippen LogP contribution >= 0.6 is 0 Å². The number of aryl methyl sites for hydroxylation is 1. The maximum atomic E-state index is 14.1. The van der Waals surface area contributed by atoms with E-state index in [1.807, 2.05) is 50.2 Å². The van der Waals surface area contributed by atoms with Gasteiger partial charge in [-0.15, -0.1) is 0 Å². The Labute approximate surface area is 238 Å². The molecule has 9 nitrogen and oxygen atoms in total. The van der Waals surface area contributed by atoms with Gasteiger partial charge in [-0.25, -0.2) is 4.79 Å². The number of piperazine rings is 1. The average Bonchev–Trinajstić information content (AvgIpc) is 2.95. The lowest BCUT2D eigenvalue weighted by atomic mass is 9.94. The predicted octanol–water partition coefficient (Wildman–Crippen LogP) is 4.58. The minimum absolute atomic E-state index is 0.0710. The number of pyridine rings is 1. The zero-order chi connectivity index (χ0) is 29.0. The van der Waals surface area contributed by atoms with Crippen LogP contribution in [-0.2, 0) is 11.4 Å². The number of hydrogen-bond acceptors (Lipinski definition) is 7. The molecule has 1 saturated heterocycles. The first-order chi connectivity index (χ1) is 19.7. The van der Waals surface area contributed by atoms with Gasteiger partial charge in [0.2, 0.25) is 5.91 Å². The highest BCUT2D eigenvalue weighted by Gasteiger charge is 2.31. The lowest BCUT2D eigenvalue weighted by Gasteiger charge is -2.40. The van der Waals surface area contributed by atoms with Gasteiger partial charge in [0.05, 0.1) is 16.9 Å². The van der Waals surface area contributed by atoms with Crippen LogP contribution in [0.4, 0.5) is 11.5 Å². The predicted molar refractivity (Wildman–Crippen MR) is 162 cm³/mol. The Morgan fingerprint density at radius 1 is 1.22 bits per heavy atom. The molecule has 1 atom stereocenters. The van der Waals surface area contributed by atoms with Crippen molar-refractivity contribution in [3.63, 3.8) is 0 Å². The molecule has 2 aromatic heterocycles. The van der Waals surface area contributed by atoms with Crippen molar-refractivity contribution < 1.29 is 9.53 Å². The number of nitrogen functional groups attached to an aromatic ring is 1. The average molecular weight is 551 g/mol. The second-order valence-electron chi connectivity index (χ2n) is 11.1. The Morgan fingerprint density at radius 2 is 2.02 bits per heavy atom. The van der Waals surface area contributed by atoms with Gasteiger partial charge in [-0.1, -0.05) is 32.6 Å². The number of benzene rings is 2. The van der Waals surface area contributed by atoms with Gasteiger partial charge in [0.15, 0.2) is 0 Å². The van der Waals surface area contributed by atoms with E-state index in [0.29, 0.717) is 49.0 Å². The van der Waals surface area contributed by atoms with Crippen molar-refractivity contribution in [1.29, 1.82) is 0 Å². The second kappa shape index (κ2) is 10.1. The molecule has 9 heteroatoms. The SMILES string of the molecule is C=CC(=O)N1CCN(c2nc(=O)n(-c3c(C)ccnc3C(C)C)c3cc4c(cc23)OCc2cccc(N)c2-4)[C@@H](C)C1. The molecule has 0 bridgehead atoms. The first-order valence-corrected chi connectivity index (χ1v) is 13.9. The summed E-state index contributed by atoms with van der Waals surface area (Å²) in [7, 11) is 0. The number of aromatic nitrogens is 3. The molecule has 2 aromatic carbocycles. The van der Waals surface area contributed by atoms with Gasteiger partial charge < -0.3 is 20.3 Å². The lowest BCUT2D eigenvalue weighted by Crippen LogP contribution is -2.54. The summed E-state index contributed by atoms with van der Waals surface area (Å²) in [5, 5.41) is 0.787. The molecule has 0 saturated carbocycles. The first-order valence-electron chi connectivity index (χ1n) is 13.9. The van der Waals surface area contributed by atoms with E-state index in [0.717, 1.165) is 39.0 Å². The number of hydrogen-bond donors (Lipinski definition) is 1. The van der Waals surface area contributed by atoms with Crippen LogP contribution in [0.15, 0.2) is 60.0 Å². The molecule has 2 aliphatic rings. The van der Waals surface area contributed by atoms with E-state index >= 15 is 0 Å². The van der Waals surface area contributed by atoms with Crippen molar-refractivity contribution in [3.8, 4) is 22.6 Å². The molecule has 0 unspecified atom stereocenters. The van der Waals surface area contributed by atoms with Gasteiger partial charge in [-0.3, -0.25) is 14.3 Å². The number of fused-ring (bicyclic) bond motifs is 4. The summed E-state index contributed by atoms with van der Waals surface area (Å²) in [6, 6.07) is 11.7. The Bertz CT molecular complexity index is 1780. The summed E-state index contributed by atoms with van der Waals surface area (Å²) < 4.78 is 7.93. The summed E-state index contributed by atoms with van der Waals surface area (Å²) in [5.41, 5.74) is 12.7. The van der Waals surface area contributed by atoms with E-state index in [1.165, 1.54) is 6.08 Å². The third kappa shape index (κ3) is 4.32. The van der Waals surface area contributed by atoms with Gasteiger partial charge in [0, 0.05) is 54.1 Å². The fraction of sp³-hybridized carbons (Fsp3) is 0.312. The van der Waals surface area contributed by atoms with Crippen molar-refractivity contribution in [2.24, 2.45) is 0 Å². The molecular formula is C32H34N6O3. The topological polar surface area (TPSA) is 107 Å². The van der Waals surface area contributed by atoms with E-state index in [2.05, 4.69) is 30.3 Å². The summed E-state index contributed by atoms with van der Waals surface area (Å²) in [6.45, 7) is 13.7. The molecule has 0 aliphatic carbocycles. The summed E-state index contributed by atoms with van der Waals surface area (Å²) in [4.78, 5) is 39.7. The number of rotatable bonds is 4. The van der Waals surface area contributed by atoms with E-state index in [9.17, 15) is 9.59 Å². The maximum absolute atomic E-state index is 14.1. The highest BCUT2D eigenvalue weighted by molar-refractivity contribution is 5.99. The van der Waals surface area contributed by atoms with Gasteiger partial charge in [0.25, 0.3) is 0 Å². The largest absolute Gasteiger partial charge is 0.488 e. The van der Waals surface area contributed by atoms with Crippen LogP contribution in [0.2, 0.25) is 0 Å². The smallest absolute Gasteiger partial charge is 0.354 e. The fourth-order valence-corrected chi connectivity index (χ4v) is 6.10. The Morgan fingerprint density at radius 3 is 2.76 bits per heavy atom. The fourth-order valence-electron chi connectivity index (χ4n) is 6.10. The van der Waals surface area contributed by atoms with Crippen molar-refractivity contribution in [2.45, 2.75) is 46.3 Å². The van der Waals surface area contributed by atoms with Crippen LogP contribution in [0.25, 0.3) is 27.7 Å². The normalized spacial score (nSPS) is 16.4. The van der Waals surface area contributed by atoms with Crippen LogP contribution in [-0.4, -0.2) is 51.0 Å². The molecule has 4 aromatic rings. The number of nitrogens with zero attached hydrogens (tertiary/aromatic N) is 5. The van der Waals surface area contributed by atoms with Crippen LogP contribution in [0.3, 0.4) is 0 Å². The van der Waals surface area contributed by atoms with E-state index in [1.54, 1.807) is 15.7 Å². The molecule has 4 heterocycles. The molecule has 2 N–H and O–H groups in total. The van der Waals surface area contributed by atoms with Crippen molar-refractivity contribution >= 4 is 28.3 Å². The summed E-state index contributed by atoms with van der Waals surface area (Å²) in [5.74, 6) is 1.25. The molecule has 41 heavy (non-hydrogen) atoms. The minimum Gasteiger partial charge on any atom is -0.488 e. The molecule has 210 valence electrons. The van der Waals surface area contributed by atoms with Crippen LogP contribution in [0.1, 0.15) is 43.5 Å². The summed E-state index contributed by atoms with van der Waals surface area (Å²) in [6.07, 6.45) is 3.12. The third-order valence-corrected chi connectivity index (χ3v) is 8.12. The van der Waals surface area contributed by atoms with Crippen LogP contribution in [0.5, 0.6) is 5.75 Å². The van der Waals surface area contributed by atoms with E-state index in [-0.39, 0.29) is 23.6 Å². The molecule has 6 rings (SSSR count). The Hall–Kier alpha value is -4.66. The molecule has 0 spiro atoms. The van der Waals surface area contributed by atoms with E-state index < -0.39 is 0 Å². The monoisotopic (exact) mass is 550 g/mol. The van der Waals surface area contributed by atoms with Gasteiger partial charge in [-0.05, 0) is 61.2 Å². The quantitative estimate of drug-likeness (QED) is 0.293. The van der Waals surface area contributed by atoms with Crippen molar-refractivity contribution in [2.75, 3.05) is 30.3 Å². The number of carbonyl (C=O) groups excluding carboxylic acids is 1. The Kier molecular flexibility index (Phi) is 6.52. The molecule has 1 amide bonds. The number of ether oxygens (including phenoxy) is 1. The van der Waals surface area contributed by atoms with Crippen LogP contribution in [0, 0.1) is 6.92 Å². The second-order valence-corrected chi connectivity index (χ2v) is 11.1. The van der Waals surface area contributed by atoms with Crippen LogP contribution < -0.4 is 21.1 Å². The summed E-state index contributed by atoms with van der Waals surface area (Å²) >= 11 is 0. The van der Waals surface area contributed by atoms with Crippen molar-refractivity contribution in [3.05, 3.63) is 82.6 Å². The highest BCUT2D eigenvalue weighted by Crippen LogP contribution is 2.44. The molecule has 1 fully saturated rings. The minimum atomic E-state index is -0.389. The zero-order valence-electron chi connectivity index (χ0n) is 23.8. The Balaban J connectivity index is 1.65. The van der Waals surface area contributed by atoms with Gasteiger partial charge in [-0.2, -0.15) is 4.98 Å². The molecule has 0 radical (unpaired) electrons. The number of amides is 1. The highest BCUT2D eigenvalue weighted by atomic mass is 16.5. The van der Waals surface area contributed by atoms with Gasteiger partial charge in [0.1, 0.15) is 18.2 Å². The number of nitrogens with two attached hydrogens (primary N) is 1. The third-order valence-electron chi connectivity index (χ3n) is 8.12. The number of anilines is 2. The lowest BCUT2D eigenvalue weighted by molar-refractivity contribution is -0.126. The standard InChI is InChI=1S/C32H34N6O3/c1-6-27(39)36-12-13-37(20(5)16-36)31-22-15-26-23(28-21(17-41-26)8-7-9-24(28)33)14-25(22)38(32(40)35-31)30-19(4)10-11-34-29(30)18(2)3/h6-11,14-15,18,20H,1,12-13,16-17,33H2,2-5H3/t20-/m0/s1. The molecular weight excluding hydrogens is 516 g/mol. The number of carbonyl (C=O) groups is 1. The van der Waals surface area contributed by atoms with Crippen molar-refractivity contribution in [1.82, 2.24) is 19.4 Å². The zero-order valence-corrected chi connectivity index (χ0v) is 23.8.